The molecule has 1 aliphatic carbocycles. The third-order valence-electron chi connectivity index (χ3n) is 4.22. The number of aryl methyl sites for hydroxylation is 2. The first-order valence-electron chi connectivity index (χ1n) is 7.41. The van der Waals surface area contributed by atoms with Crippen molar-refractivity contribution in [2.45, 2.75) is 32.1 Å². The Bertz CT molecular complexity index is 573. The Labute approximate surface area is 123 Å². The number of urea groups is 1. The van der Waals surface area contributed by atoms with Crippen LogP contribution in [-0.4, -0.2) is 40.1 Å². The zero-order chi connectivity index (χ0) is 14.8. The van der Waals surface area contributed by atoms with Crippen molar-refractivity contribution in [1.82, 2.24) is 9.88 Å². The molecule has 1 atom stereocenters. The maximum absolute atomic E-state index is 12.2. The predicted molar refractivity (Wildman–Crippen MR) is 77.2 cm³/mol. The maximum atomic E-state index is 12.2. The van der Waals surface area contributed by atoms with E-state index in [2.05, 4.69) is 10.3 Å². The standard InChI is InChI=1S/C15H19N3O3/c19-14(20)11-4-2-8-18(9-11)15(21)17-13-7-6-10-3-1-5-12(10)16-13/h6-7,11H,1-5,8-9H2,(H,19,20)(H,16,17,21). The van der Waals surface area contributed by atoms with E-state index in [1.807, 2.05) is 12.1 Å². The molecule has 1 aromatic heterocycles. The van der Waals surface area contributed by atoms with E-state index in [1.54, 1.807) is 4.90 Å². The number of aromatic nitrogens is 1. The number of aliphatic carboxylic acids is 1. The lowest BCUT2D eigenvalue weighted by molar-refractivity contribution is -0.143. The van der Waals surface area contributed by atoms with E-state index in [0.717, 1.165) is 31.4 Å². The molecular formula is C15H19N3O3. The minimum atomic E-state index is -0.830. The molecule has 1 aliphatic heterocycles. The van der Waals surface area contributed by atoms with Gasteiger partial charge < -0.3 is 10.0 Å². The van der Waals surface area contributed by atoms with Crippen LogP contribution in [0.25, 0.3) is 0 Å². The van der Waals surface area contributed by atoms with Crippen molar-refractivity contribution >= 4 is 17.8 Å². The second-order valence-corrected chi connectivity index (χ2v) is 5.71. The predicted octanol–water partition coefficient (Wildman–Crippen LogP) is 1.90. The topological polar surface area (TPSA) is 82.5 Å². The average molecular weight is 289 g/mol. The van der Waals surface area contributed by atoms with Crippen molar-refractivity contribution in [1.29, 1.82) is 0 Å². The molecule has 0 aromatic carbocycles. The molecular weight excluding hydrogens is 270 g/mol. The van der Waals surface area contributed by atoms with Crippen LogP contribution in [0.15, 0.2) is 12.1 Å². The zero-order valence-corrected chi connectivity index (χ0v) is 11.8. The maximum Gasteiger partial charge on any atom is 0.323 e. The van der Waals surface area contributed by atoms with E-state index in [9.17, 15) is 9.59 Å². The van der Waals surface area contributed by atoms with Gasteiger partial charge in [0.05, 0.1) is 5.92 Å². The number of pyridine rings is 1. The Morgan fingerprint density at radius 1 is 1.29 bits per heavy atom. The normalized spacial score (nSPS) is 21.0. The lowest BCUT2D eigenvalue weighted by atomic mass is 9.99. The number of anilines is 1. The van der Waals surface area contributed by atoms with Crippen LogP contribution < -0.4 is 5.32 Å². The van der Waals surface area contributed by atoms with Gasteiger partial charge in [-0.1, -0.05) is 6.07 Å². The number of nitrogens with one attached hydrogen (secondary N) is 1. The summed E-state index contributed by atoms with van der Waals surface area (Å²) >= 11 is 0. The molecule has 0 radical (unpaired) electrons. The minimum Gasteiger partial charge on any atom is -0.481 e. The second kappa shape index (κ2) is 5.71. The first kappa shape index (κ1) is 13.9. The van der Waals surface area contributed by atoms with Crippen molar-refractivity contribution < 1.29 is 14.7 Å². The third-order valence-corrected chi connectivity index (χ3v) is 4.22. The highest BCUT2D eigenvalue weighted by molar-refractivity contribution is 5.88. The molecule has 0 saturated carbocycles. The van der Waals surface area contributed by atoms with E-state index >= 15 is 0 Å². The summed E-state index contributed by atoms with van der Waals surface area (Å²) < 4.78 is 0. The summed E-state index contributed by atoms with van der Waals surface area (Å²) in [5.41, 5.74) is 2.33. The molecule has 112 valence electrons. The number of likely N-dealkylation sites (tertiary alicyclic amines) is 1. The number of fused-ring (bicyclic) bond motifs is 1. The van der Waals surface area contributed by atoms with Gasteiger partial charge in [0.25, 0.3) is 0 Å². The number of carboxylic acids is 1. The smallest absolute Gasteiger partial charge is 0.323 e. The number of rotatable bonds is 2. The van der Waals surface area contributed by atoms with Crippen LogP contribution in [0.5, 0.6) is 0 Å². The van der Waals surface area contributed by atoms with Gasteiger partial charge in [-0.15, -0.1) is 0 Å². The van der Waals surface area contributed by atoms with Gasteiger partial charge in [0.15, 0.2) is 0 Å². The summed E-state index contributed by atoms with van der Waals surface area (Å²) in [5, 5.41) is 11.8. The van der Waals surface area contributed by atoms with Crippen LogP contribution in [0, 0.1) is 5.92 Å². The lowest BCUT2D eigenvalue weighted by Crippen LogP contribution is -2.44. The number of hydrogen-bond donors (Lipinski definition) is 2. The van der Waals surface area contributed by atoms with Gasteiger partial charge in [-0.3, -0.25) is 10.1 Å². The first-order valence-corrected chi connectivity index (χ1v) is 7.41. The van der Waals surface area contributed by atoms with Crippen molar-refractivity contribution in [3.05, 3.63) is 23.4 Å². The number of carboxylic acid groups (broad SMARTS) is 1. The van der Waals surface area contributed by atoms with Crippen LogP contribution in [0.4, 0.5) is 10.6 Å². The molecule has 1 saturated heterocycles. The number of carbonyl (C=O) groups is 2. The second-order valence-electron chi connectivity index (χ2n) is 5.71. The fourth-order valence-electron chi connectivity index (χ4n) is 3.04. The van der Waals surface area contributed by atoms with Gasteiger partial charge in [0.1, 0.15) is 5.82 Å². The van der Waals surface area contributed by atoms with E-state index < -0.39 is 11.9 Å². The fourth-order valence-corrected chi connectivity index (χ4v) is 3.04. The highest BCUT2D eigenvalue weighted by atomic mass is 16.4. The van der Waals surface area contributed by atoms with Crippen molar-refractivity contribution in [2.24, 2.45) is 5.92 Å². The molecule has 2 aliphatic rings. The van der Waals surface area contributed by atoms with Crippen molar-refractivity contribution in [2.75, 3.05) is 18.4 Å². The molecule has 2 heterocycles. The van der Waals surface area contributed by atoms with E-state index in [4.69, 9.17) is 5.11 Å². The average Bonchev–Trinajstić information content (AvgIpc) is 2.95. The summed E-state index contributed by atoms with van der Waals surface area (Å²) in [6, 6.07) is 3.58. The summed E-state index contributed by atoms with van der Waals surface area (Å²) in [6.45, 7) is 0.868. The Hall–Kier alpha value is -2.11. The molecule has 6 heteroatoms. The molecule has 3 rings (SSSR count). The zero-order valence-electron chi connectivity index (χ0n) is 11.8. The van der Waals surface area contributed by atoms with Crippen LogP contribution >= 0.6 is 0 Å². The molecule has 1 fully saturated rings. The van der Waals surface area contributed by atoms with Gasteiger partial charge in [-0.05, 0) is 43.7 Å². The largest absolute Gasteiger partial charge is 0.481 e. The molecule has 1 unspecified atom stereocenters. The van der Waals surface area contributed by atoms with Crippen LogP contribution in [0.2, 0.25) is 0 Å². The molecule has 0 spiro atoms. The van der Waals surface area contributed by atoms with Gasteiger partial charge in [-0.2, -0.15) is 0 Å². The quantitative estimate of drug-likeness (QED) is 0.871. The van der Waals surface area contributed by atoms with E-state index in [0.29, 0.717) is 18.8 Å². The van der Waals surface area contributed by atoms with Gasteiger partial charge >= 0.3 is 12.0 Å². The molecule has 0 bridgehead atoms. The SMILES string of the molecule is O=C(O)C1CCCN(C(=O)Nc2ccc3c(n2)CCC3)C1. The Morgan fingerprint density at radius 3 is 2.95 bits per heavy atom. The Morgan fingerprint density at radius 2 is 2.14 bits per heavy atom. The summed E-state index contributed by atoms with van der Waals surface area (Å²) in [6.07, 6.45) is 4.50. The molecule has 1 aromatic rings. The van der Waals surface area contributed by atoms with E-state index in [1.165, 1.54) is 5.56 Å². The molecule has 6 nitrogen and oxygen atoms in total. The van der Waals surface area contributed by atoms with Crippen LogP contribution in [-0.2, 0) is 17.6 Å². The number of amides is 2. The molecule has 21 heavy (non-hydrogen) atoms. The monoisotopic (exact) mass is 289 g/mol. The van der Waals surface area contributed by atoms with Crippen molar-refractivity contribution in [3.8, 4) is 0 Å². The van der Waals surface area contributed by atoms with Gasteiger partial charge in [0.2, 0.25) is 0 Å². The highest BCUT2D eigenvalue weighted by Gasteiger charge is 2.28. The fraction of sp³-hybridized carbons (Fsp3) is 0.533. The first-order chi connectivity index (χ1) is 10.1. The van der Waals surface area contributed by atoms with E-state index in [-0.39, 0.29) is 12.6 Å². The lowest BCUT2D eigenvalue weighted by Gasteiger charge is -2.30. The number of piperidine rings is 1. The Kier molecular flexibility index (Phi) is 3.77. The third kappa shape index (κ3) is 2.99. The summed E-state index contributed by atoms with van der Waals surface area (Å²) in [5.74, 6) is -0.737. The van der Waals surface area contributed by atoms with Crippen LogP contribution in [0.1, 0.15) is 30.5 Å². The number of hydrogen-bond acceptors (Lipinski definition) is 3. The van der Waals surface area contributed by atoms with Gasteiger partial charge in [0, 0.05) is 18.8 Å². The molecule has 2 N–H and O–H groups in total. The van der Waals surface area contributed by atoms with Crippen molar-refractivity contribution in [3.63, 3.8) is 0 Å². The number of carbonyl (C=O) groups excluding carboxylic acids is 1. The van der Waals surface area contributed by atoms with Crippen LogP contribution in [0.3, 0.4) is 0 Å². The highest BCUT2D eigenvalue weighted by Crippen LogP contribution is 2.22. The summed E-state index contributed by atoms with van der Waals surface area (Å²) in [7, 11) is 0. The summed E-state index contributed by atoms with van der Waals surface area (Å²) in [4.78, 5) is 29.3. The minimum absolute atomic E-state index is 0.258. The molecule has 2 amide bonds. The Balaban J connectivity index is 1.64. The van der Waals surface area contributed by atoms with Gasteiger partial charge in [-0.25, -0.2) is 9.78 Å². The number of nitrogens with zero attached hydrogens (tertiary/aromatic N) is 2.